The van der Waals surface area contributed by atoms with Gasteiger partial charge in [-0.3, -0.25) is 0 Å². The number of thiazole rings is 1. The van der Waals surface area contributed by atoms with Crippen LogP contribution >= 0.6 is 24.0 Å². The summed E-state index contributed by atoms with van der Waals surface area (Å²) in [5, 5.41) is 1.37. The molecule has 114 valence electrons. The molecule has 0 saturated heterocycles. The number of aromatic nitrogens is 1. The SMILES string of the molecule is CN(C)OC(=O)c1ccccc1.Sc1nc2ccccc2s1. The van der Waals surface area contributed by atoms with Gasteiger partial charge in [-0.2, -0.15) is 0 Å². The van der Waals surface area contributed by atoms with Crippen LogP contribution in [0.4, 0.5) is 0 Å². The monoisotopic (exact) mass is 332 g/mol. The molecule has 0 amide bonds. The number of thiol groups is 1. The zero-order valence-corrected chi connectivity index (χ0v) is 14.0. The standard InChI is InChI=1S/C9H11NO2.C7H5NS2/c1-10(2)12-9(11)8-6-4-3-5-7-8;9-7-8-5-3-1-2-4-6(5)10-7/h3-7H,1-2H3;1-4H,(H,8,9). The maximum atomic E-state index is 11.2. The summed E-state index contributed by atoms with van der Waals surface area (Å²) in [6, 6.07) is 16.9. The average Bonchev–Trinajstić information content (AvgIpc) is 2.88. The Hall–Kier alpha value is -1.89. The van der Waals surface area contributed by atoms with E-state index in [0.717, 1.165) is 9.86 Å². The first-order valence-electron chi connectivity index (χ1n) is 6.55. The van der Waals surface area contributed by atoms with Crippen molar-refractivity contribution in [2.24, 2.45) is 0 Å². The zero-order chi connectivity index (χ0) is 15.9. The van der Waals surface area contributed by atoms with Crippen LogP contribution in [0.15, 0.2) is 58.9 Å². The molecule has 1 heterocycles. The molecule has 22 heavy (non-hydrogen) atoms. The first-order valence-corrected chi connectivity index (χ1v) is 7.82. The second-order valence-electron chi connectivity index (χ2n) is 4.52. The summed E-state index contributed by atoms with van der Waals surface area (Å²) in [7, 11) is 3.34. The summed E-state index contributed by atoms with van der Waals surface area (Å²) in [5.74, 6) is -0.333. The van der Waals surface area contributed by atoms with Crippen LogP contribution in [0, 0.1) is 0 Å². The molecule has 0 aliphatic carbocycles. The number of fused-ring (bicyclic) bond motifs is 1. The average molecular weight is 332 g/mol. The van der Waals surface area contributed by atoms with Gasteiger partial charge < -0.3 is 4.84 Å². The van der Waals surface area contributed by atoms with Gasteiger partial charge in [-0.1, -0.05) is 30.3 Å². The van der Waals surface area contributed by atoms with Gasteiger partial charge in [-0.25, -0.2) is 9.78 Å². The summed E-state index contributed by atoms with van der Waals surface area (Å²) in [6.45, 7) is 0. The molecule has 3 aromatic rings. The fraction of sp³-hybridized carbons (Fsp3) is 0.125. The summed E-state index contributed by atoms with van der Waals surface area (Å²) in [4.78, 5) is 20.2. The molecule has 3 rings (SSSR count). The molecule has 0 atom stereocenters. The predicted molar refractivity (Wildman–Crippen MR) is 92.4 cm³/mol. The molecule has 0 aliphatic heterocycles. The topological polar surface area (TPSA) is 42.4 Å². The third-order valence-electron chi connectivity index (χ3n) is 2.56. The van der Waals surface area contributed by atoms with E-state index in [0.29, 0.717) is 5.56 Å². The predicted octanol–water partition coefficient (Wildman–Crippen LogP) is 3.91. The Balaban J connectivity index is 0.000000162. The maximum Gasteiger partial charge on any atom is 0.356 e. The van der Waals surface area contributed by atoms with Crippen molar-refractivity contribution in [2.75, 3.05) is 14.1 Å². The van der Waals surface area contributed by atoms with E-state index >= 15 is 0 Å². The largest absolute Gasteiger partial charge is 0.364 e. The third-order valence-corrected chi connectivity index (χ3v) is 3.77. The molecular formula is C16H16N2O2S2. The lowest BCUT2D eigenvalue weighted by Crippen LogP contribution is -2.18. The van der Waals surface area contributed by atoms with Gasteiger partial charge in [-0.05, 0) is 24.3 Å². The quantitative estimate of drug-likeness (QED) is 0.571. The summed E-state index contributed by atoms with van der Waals surface area (Å²) in [6.07, 6.45) is 0. The summed E-state index contributed by atoms with van der Waals surface area (Å²) in [5.41, 5.74) is 1.60. The number of rotatable bonds is 2. The highest BCUT2D eigenvalue weighted by molar-refractivity contribution is 7.82. The van der Waals surface area contributed by atoms with Crippen LogP contribution < -0.4 is 0 Å². The van der Waals surface area contributed by atoms with E-state index in [1.807, 2.05) is 30.3 Å². The van der Waals surface area contributed by atoms with Crippen LogP contribution in [-0.4, -0.2) is 30.1 Å². The number of nitrogens with zero attached hydrogens (tertiary/aromatic N) is 2. The minimum Gasteiger partial charge on any atom is -0.364 e. The highest BCUT2D eigenvalue weighted by Crippen LogP contribution is 2.23. The molecular weight excluding hydrogens is 316 g/mol. The molecule has 0 spiro atoms. The molecule has 0 aliphatic rings. The van der Waals surface area contributed by atoms with Crippen molar-refractivity contribution in [2.45, 2.75) is 4.34 Å². The summed E-state index contributed by atoms with van der Waals surface area (Å²) < 4.78 is 2.04. The highest BCUT2D eigenvalue weighted by atomic mass is 32.2. The second kappa shape index (κ2) is 7.93. The molecule has 0 unspecified atom stereocenters. The van der Waals surface area contributed by atoms with Gasteiger partial charge in [0.25, 0.3) is 0 Å². The van der Waals surface area contributed by atoms with Crippen molar-refractivity contribution >= 4 is 40.2 Å². The Bertz CT molecular complexity index is 709. The smallest absolute Gasteiger partial charge is 0.356 e. The normalized spacial score (nSPS) is 10.2. The van der Waals surface area contributed by atoms with Gasteiger partial charge in [0.2, 0.25) is 0 Å². The van der Waals surface area contributed by atoms with Crippen LogP contribution in [0.2, 0.25) is 0 Å². The molecule has 0 fully saturated rings. The fourth-order valence-electron chi connectivity index (χ4n) is 1.65. The Morgan fingerprint density at radius 2 is 1.73 bits per heavy atom. The number of carbonyl (C=O) groups excluding carboxylic acids is 1. The van der Waals surface area contributed by atoms with Crippen LogP contribution in [0.25, 0.3) is 10.2 Å². The Labute approximate surface area is 138 Å². The van der Waals surface area contributed by atoms with Crippen molar-refractivity contribution in [3.63, 3.8) is 0 Å². The number of benzene rings is 2. The van der Waals surface area contributed by atoms with Crippen LogP contribution in [0.3, 0.4) is 0 Å². The Kier molecular flexibility index (Phi) is 5.94. The van der Waals surface area contributed by atoms with Gasteiger partial charge >= 0.3 is 5.97 Å². The first-order chi connectivity index (χ1) is 10.6. The Morgan fingerprint density at radius 3 is 2.36 bits per heavy atom. The van der Waals surface area contributed by atoms with Gasteiger partial charge in [0.05, 0.1) is 15.8 Å². The van der Waals surface area contributed by atoms with E-state index < -0.39 is 0 Å². The van der Waals surface area contributed by atoms with E-state index in [9.17, 15) is 4.79 Å². The van der Waals surface area contributed by atoms with Crippen LogP contribution in [0.5, 0.6) is 0 Å². The van der Waals surface area contributed by atoms with E-state index in [4.69, 9.17) is 4.84 Å². The molecule has 0 saturated carbocycles. The first kappa shape index (κ1) is 16.5. The molecule has 4 nitrogen and oxygen atoms in total. The number of hydroxylamine groups is 2. The van der Waals surface area contributed by atoms with E-state index in [1.54, 1.807) is 49.7 Å². The van der Waals surface area contributed by atoms with Crippen molar-refractivity contribution in [1.82, 2.24) is 10.0 Å². The van der Waals surface area contributed by atoms with Crippen molar-refractivity contribution in [3.8, 4) is 0 Å². The van der Waals surface area contributed by atoms with Crippen LogP contribution in [-0.2, 0) is 4.84 Å². The van der Waals surface area contributed by atoms with Gasteiger partial charge in [-0.15, -0.1) is 29.0 Å². The lowest BCUT2D eigenvalue weighted by molar-refractivity contribution is -0.0713. The van der Waals surface area contributed by atoms with Gasteiger partial charge in [0.15, 0.2) is 0 Å². The third kappa shape index (κ3) is 4.84. The van der Waals surface area contributed by atoms with Crippen molar-refractivity contribution in [1.29, 1.82) is 0 Å². The molecule has 0 N–H and O–H groups in total. The number of para-hydroxylation sites is 1. The zero-order valence-electron chi connectivity index (χ0n) is 12.3. The molecule has 1 aromatic heterocycles. The van der Waals surface area contributed by atoms with Crippen LogP contribution in [0.1, 0.15) is 10.4 Å². The van der Waals surface area contributed by atoms with Gasteiger partial charge in [0, 0.05) is 14.1 Å². The second-order valence-corrected chi connectivity index (χ2v) is 6.28. The van der Waals surface area contributed by atoms with Crippen molar-refractivity contribution < 1.29 is 9.63 Å². The highest BCUT2D eigenvalue weighted by Gasteiger charge is 2.06. The van der Waals surface area contributed by atoms with Gasteiger partial charge in [0.1, 0.15) is 4.34 Å². The fourth-order valence-corrected chi connectivity index (χ4v) is 2.76. The number of hydrogen-bond donors (Lipinski definition) is 1. The minimum atomic E-state index is -0.333. The van der Waals surface area contributed by atoms with Crippen molar-refractivity contribution in [3.05, 3.63) is 60.2 Å². The maximum absolute atomic E-state index is 11.2. The molecule has 0 bridgehead atoms. The molecule has 6 heteroatoms. The Morgan fingerprint density at radius 1 is 1.09 bits per heavy atom. The number of hydrogen-bond acceptors (Lipinski definition) is 6. The minimum absolute atomic E-state index is 0.333. The van der Waals surface area contributed by atoms with E-state index in [-0.39, 0.29) is 5.97 Å². The molecule has 0 radical (unpaired) electrons. The lowest BCUT2D eigenvalue weighted by Gasteiger charge is -2.09. The molecule has 2 aromatic carbocycles. The summed E-state index contributed by atoms with van der Waals surface area (Å²) >= 11 is 5.76. The van der Waals surface area contributed by atoms with E-state index in [1.165, 1.54) is 9.76 Å². The van der Waals surface area contributed by atoms with E-state index in [2.05, 4.69) is 17.6 Å². The number of carbonyl (C=O) groups is 1. The lowest BCUT2D eigenvalue weighted by atomic mass is 10.2.